The second-order valence-corrected chi connectivity index (χ2v) is 5.40. The van der Waals surface area contributed by atoms with E-state index >= 15 is 0 Å². The van der Waals surface area contributed by atoms with Crippen LogP contribution in [0.2, 0.25) is 0 Å². The lowest BCUT2D eigenvalue weighted by Gasteiger charge is -2.20. The second-order valence-electron chi connectivity index (χ2n) is 3.48. The van der Waals surface area contributed by atoms with Crippen molar-refractivity contribution in [2.75, 3.05) is 6.54 Å². The van der Waals surface area contributed by atoms with Crippen molar-refractivity contribution >= 4 is 27.3 Å². The molecule has 0 fully saturated rings. The fraction of sp³-hybridized carbons (Fsp3) is 0.600. The molecule has 1 atom stereocenters. The highest BCUT2D eigenvalue weighted by molar-refractivity contribution is 9.10. The SMILES string of the molecule is CCCNC(Cc1cc(Br)cs1)C(F)(F)F. The third-order valence-corrected chi connectivity index (χ3v) is 3.78. The van der Waals surface area contributed by atoms with Crippen LogP contribution in [0.4, 0.5) is 13.2 Å². The van der Waals surface area contributed by atoms with Crippen molar-refractivity contribution in [1.82, 2.24) is 5.32 Å². The molecule has 0 aromatic carbocycles. The molecule has 92 valence electrons. The minimum atomic E-state index is -4.19. The quantitative estimate of drug-likeness (QED) is 0.866. The summed E-state index contributed by atoms with van der Waals surface area (Å²) in [6.07, 6.45) is -3.49. The minimum absolute atomic E-state index is 0.000231. The fourth-order valence-corrected chi connectivity index (χ4v) is 2.78. The summed E-state index contributed by atoms with van der Waals surface area (Å²) in [5, 5.41) is 4.33. The Balaban J connectivity index is 2.63. The molecule has 1 aromatic rings. The summed E-state index contributed by atoms with van der Waals surface area (Å²) < 4.78 is 38.8. The lowest BCUT2D eigenvalue weighted by molar-refractivity contribution is -0.155. The van der Waals surface area contributed by atoms with Crippen molar-refractivity contribution in [2.45, 2.75) is 32.0 Å². The van der Waals surface area contributed by atoms with Crippen LogP contribution in [0.3, 0.4) is 0 Å². The molecule has 0 saturated carbocycles. The van der Waals surface area contributed by atoms with Gasteiger partial charge in [-0.15, -0.1) is 11.3 Å². The van der Waals surface area contributed by atoms with Crippen molar-refractivity contribution in [1.29, 1.82) is 0 Å². The van der Waals surface area contributed by atoms with Crippen LogP contribution in [0.5, 0.6) is 0 Å². The first-order valence-corrected chi connectivity index (χ1v) is 6.63. The fourth-order valence-electron chi connectivity index (χ4n) is 1.28. The standard InChI is InChI=1S/C10H13BrF3NS/c1-2-3-15-9(10(12,13)14)5-8-4-7(11)6-16-8/h4,6,9,15H,2-3,5H2,1H3. The number of alkyl halides is 3. The van der Waals surface area contributed by atoms with Gasteiger partial charge in [-0.2, -0.15) is 13.2 Å². The number of hydrogen-bond donors (Lipinski definition) is 1. The van der Waals surface area contributed by atoms with Crippen LogP contribution in [0.1, 0.15) is 18.2 Å². The Labute approximate surface area is 105 Å². The van der Waals surface area contributed by atoms with Gasteiger partial charge in [0.05, 0.1) is 0 Å². The van der Waals surface area contributed by atoms with E-state index in [2.05, 4.69) is 21.2 Å². The van der Waals surface area contributed by atoms with Crippen molar-refractivity contribution in [2.24, 2.45) is 0 Å². The van der Waals surface area contributed by atoms with E-state index in [1.807, 2.05) is 6.92 Å². The Morgan fingerprint density at radius 1 is 1.50 bits per heavy atom. The third-order valence-electron chi connectivity index (χ3n) is 2.06. The molecule has 0 radical (unpaired) electrons. The summed E-state index contributed by atoms with van der Waals surface area (Å²) in [5.74, 6) is 0. The normalized spacial score (nSPS) is 14.1. The van der Waals surface area contributed by atoms with Gasteiger partial charge in [-0.3, -0.25) is 0 Å². The molecule has 0 saturated heterocycles. The highest BCUT2D eigenvalue weighted by Crippen LogP contribution is 2.27. The molecule has 16 heavy (non-hydrogen) atoms. The Morgan fingerprint density at radius 2 is 2.19 bits per heavy atom. The first kappa shape index (κ1) is 14.0. The zero-order chi connectivity index (χ0) is 12.2. The molecule has 1 unspecified atom stereocenters. The zero-order valence-corrected chi connectivity index (χ0v) is 11.2. The number of nitrogens with one attached hydrogen (secondary N) is 1. The predicted molar refractivity (Wildman–Crippen MR) is 63.9 cm³/mol. The van der Waals surface area contributed by atoms with E-state index < -0.39 is 12.2 Å². The van der Waals surface area contributed by atoms with Gasteiger partial charge in [0.2, 0.25) is 0 Å². The summed E-state index contributed by atoms with van der Waals surface area (Å²) in [4.78, 5) is 0.734. The summed E-state index contributed by atoms with van der Waals surface area (Å²) >= 11 is 4.57. The zero-order valence-electron chi connectivity index (χ0n) is 8.77. The van der Waals surface area contributed by atoms with Gasteiger partial charge < -0.3 is 5.32 Å². The van der Waals surface area contributed by atoms with Crippen molar-refractivity contribution in [3.63, 3.8) is 0 Å². The van der Waals surface area contributed by atoms with Crippen LogP contribution in [0.15, 0.2) is 15.9 Å². The molecule has 6 heteroatoms. The van der Waals surface area contributed by atoms with Gasteiger partial charge in [0, 0.05) is 21.2 Å². The molecule has 0 bridgehead atoms. The summed E-state index contributed by atoms with van der Waals surface area (Å²) in [7, 11) is 0. The maximum atomic E-state index is 12.7. The third kappa shape index (κ3) is 4.43. The van der Waals surface area contributed by atoms with E-state index in [1.54, 1.807) is 11.4 Å². The Hall–Kier alpha value is -0.0700. The molecular formula is C10H13BrF3NS. The molecule has 1 nitrogen and oxygen atoms in total. The Morgan fingerprint density at radius 3 is 2.62 bits per heavy atom. The molecule has 0 spiro atoms. The van der Waals surface area contributed by atoms with Crippen LogP contribution in [-0.4, -0.2) is 18.8 Å². The molecular weight excluding hydrogens is 303 g/mol. The molecule has 0 aliphatic rings. The van der Waals surface area contributed by atoms with Crippen LogP contribution in [0, 0.1) is 0 Å². The largest absolute Gasteiger partial charge is 0.404 e. The molecule has 1 N–H and O–H groups in total. The summed E-state index contributed by atoms with van der Waals surface area (Å²) in [6.45, 7) is 2.24. The number of thiophene rings is 1. The van der Waals surface area contributed by atoms with E-state index in [-0.39, 0.29) is 6.42 Å². The van der Waals surface area contributed by atoms with Gasteiger partial charge in [-0.25, -0.2) is 0 Å². The van der Waals surface area contributed by atoms with E-state index in [9.17, 15) is 13.2 Å². The maximum Gasteiger partial charge on any atom is 0.404 e. The Kier molecular flexibility index (Phi) is 5.27. The van der Waals surface area contributed by atoms with Gasteiger partial charge in [-0.1, -0.05) is 6.92 Å². The summed E-state index contributed by atoms with van der Waals surface area (Å²) in [6, 6.07) is 0.287. The van der Waals surface area contributed by atoms with E-state index in [4.69, 9.17) is 0 Å². The van der Waals surface area contributed by atoms with Crippen LogP contribution < -0.4 is 5.32 Å². The average Bonchev–Trinajstić information content (AvgIpc) is 2.57. The van der Waals surface area contributed by atoms with Crippen molar-refractivity contribution in [3.05, 3.63) is 20.8 Å². The minimum Gasteiger partial charge on any atom is -0.306 e. The highest BCUT2D eigenvalue weighted by atomic mass is 79.9. The number of rotatable bonds is 5. The number of halogens is 4. The van der Waals surface area contributed by atoms with E-state index in [0.717, 1.165) is 9.35 Å². The summed E-state index contributed by atoms with van der Waals surface area (Å²) in [5.41, 5.74) is 0. The molecule has 1 rings (SSSR count). The van der Waals surface area contributed by atoms with Gasteiger partial charge in [0.15, 0.2) is 0 Å². The molecule has 0 aliphatic carbocycles. The van der Waals surface area contributed by atoms with Gasteiger partial charge >= 0.3 is 6.18 Å². The van der Waals surface area contributed by atoms with Gasteiger partial charge in [0.25, 0.3) is 0 Å². The first-order valence-electron chi connectivity index (χ1n) is 4.96. The topological polar surface area (TPSA) is 12.0 Å². The van der Waals surface area contributed by atoms with Crippen molar-refractivity contribution in [3.8, 4) is 0 Å². The van der Waals surface area contributed by atoms with Crippen LogP contribution in [-0.2, 0) is 6.42 Å². The molecule has 0 amide bonds. The lowest BCUT2D eigenvalue weighted by atomic mass is 10.1. The predicted octanol–water partition coefficient (Wildman–Crippen LogP) is 3.98. The average molecular weight is 316 g/mol. The number of hydrogen-bond acceptors (Lipinski definition) is 2. The molecule has 0 aliphatic heterocycles. The smallest absolute Gasteiger partial charge is 0.306 e. The molecule has 1 heterocycles. The second kappa shape index (κ2) is 6.02. The Bertz CT molecular complexity index is 324. The van der Waals surface area contributed by atoms with Crippen LogP contribution >= 0.6 is 27.3 Å². The maximum absolute atomic E-state index is 12.7. The van der Waals surface area contributed by atoms with E-state index in [0.29, 0.717) is 13.0 Å². The van der Waals surface area contributed by atoms with Crippen molar-refractivity contribution < 1.29 is 13.2 Å². The van der Waals surface area contributed by atoms with Gasteiger partial charge in [-0.05, 0) is 35.0 Å². The van der Waals surface area contributed by atoms with Gasteiger partial charge in [0.1, 0.15) is 6.04 Å². The first-order chi connectivity index (χ1) is 7.43. The molecule has 1 aromatic heterocycles. The van der Waals surface area contributed by atoms with E-state index in [1.165, 1.54) is 11.3 Å². The monoisotopic (exact) mass is 315 g/mol. The van der Waals surface area contributed by atoms with Crippen LogP contribution in [0.25, 0.3) is 0 Å². The lowest BCUT2D eigenvalue weighted by Crippen LogP contribution is -2.44. The highest BCUT2D eigenvalue weighted by Gasteiger charge is 2.39.